The molecule has 1 amide bonds. The van der Waals surface area contributed by atoms with Gasteiger partial charge >= 0.3 is 0 Å². The Balaban J connectivity index is 2.25. The molecule has 0 saturated carbocycles. The molecule has 0 saturated heterocycles. The van der Waals surface area contributed by atoms with Crippen LogP contribution in [-0.2, 0) is 4.74 Å². The first kappa shape index (κ1) is 13.5. The number of carbonyl (C=O) groups excluding carboxylic acids is 1. The predicted molar refractivity (Wildman–Crippen MR) is 67.5 cm³/mol. The average Bonchev–Trinajstić information content (AvgIpc) is 2.65. The third-order valence-corrected chi connectivity index (χ3v) is 3.40. The van der Waals surface area contributed by atoms with Gasteiger partial charge in [-0.2, -0.15) is 0 Å². The zero-order chi connectivity index (χ0) is 12.0. The number of thiophene rings is 1. The molecule has 1 aromatic heterocycles. The van der Waals surface area contributed by atoms with Gasteiger partial charge in [-0.25, -0.2) is 0 Å². The Morgan fingerprint density at radius 1 is 1.62 bits per heavy atom. The van der Waals surface area contributed by atoms with Gasteiger partial charge in [0.2, 0.25) is 0 Å². The van der Waals surface area contributed by atoms with Crippen molar-refractivity contribution in [2.24, 2.45) is 0 Å². The van der Waals surface area contributed by atoms with Gasteiger partial charge in [-0.15, -0.1) is 22.9 Å². The summed E-state index contributed by atoms with van der Waals surface area (Å²) in [7, 11) is 1.61. The Labute approximate surface area is 105 Å². The van der Waals surface area contributed by atoms with E-state index < -0.39 is 0 Å². The quantitative estimate of drug-likeness (QED) is 0.799. The van der Waals surface area contributed by atoms with Gasteiger partial charge in [0.05, 0.1) is 16.9 Å². The monoisotopic (exact) mass is 261 g/mol. The molecule has 0 bridgehead atoms. The van der Waals surface area contributed by atoms with E-state index in [9.17, 15) is 4.79 Å². The lowest BCUT2D eigenvalue weighted by Gasteiger charge is -2.08. The van der Waals surface area contributed by atoms with Crippen molar-refractivity contribution in [2.45, 2.75) is 18.7 Å². The number of hydrogen-bond donors (Lipinski definition) is 1. The molecule has 1 atom stereocenters. The number of hydrogen-bond acceptors (Lipinski definition) is 3. The van der Waals surface area contributed by atoms with Crippen molar-refractivity contribution in [3.8, 4) is 0 Å². The van der Waals surface area contributed by atoms with Crippen LogP contribution in [0.2, 0.25) is 0 Å². The summed E-state index contributed by atoms with van der Waals surface area (Å²) in [5.41, 5.74) is 0. The number of nitrogens with one attached hydrogen (secondary N) is 1. The zero-order valence-corrected chi connectivity index (χ0v) is 11.0. The SMILES string of the molecule is COCC(Cl)CCNC(=O)c1ccc(C)s1. The summed E-state index contributed by atoms with van der Waals surface area (Å²) in [6.07, 6.45) is 0.714. The highest BCUT2D eigenvalue weighted by Crippen LogP contribution is 2.14. The first-order valence-electron chi connectivity index (χ1n) is 5.11. The Bertz CT molecular complexity index is 340. The van der Waals surface area contributed by atoms with Crippen LogP contribution in [0.5, 0.6) is 0 Å². The lowest BCUT2D eigenvalue weighted by molar-refractivity contribution is 0.0956. The van der Waals surface area contributed by atoms with Crippen molar-refractivity contribution < 1.29 is 9.53 Å². The standard InChI is InChI=1S/C11H16ClNO2S/c1-8-3-4-10(16-8)11(14)13-6-5-9(12)7-15-2/h3-4,9H,5-7H2,1-2H3,(H,13,14). The minimum atomic E-state index is -0.0460. The Kier molecular flexibility index (Phi) is 5.80. The fourth-order valence-corrected chi connectivity index (χ4v) is 2.27. The van der Waals surface area contributed by atoms with Crippen molar-refractivity contribution in [3.63, 3.8) is 0 Å². The molecule has 0 aliphatic carbocycles. The molecule has 3 nitrogen and oxygen atoms in total. The second-order valence-electron chi connectivity index (χ2n) is 3.51. The van der Waals surface area contributed by atoms with Gasteiger partial charge in [-0.1, -0.05) is 0 Å². The molecule has 16 heavy (non-hydrogen) atoms. The topological polar surface area (TPSA) is 38.3 Å². The maximum Gasteiger partial charge on any atom is 0.261 e. The number of ether oxygens (including phenoxy) is 1. The van der Waals surface area contributed by atoms with Crippen molar-refractivity contribution in [1.82, 2.24) is 5.32 Å². The zero-order valence-electron chi connectivity index (χ0n) is 9.46. The first-order chi connectivity index (χ1) is 7.63. The average molecular weight is 262 g/mol. The van der Waals surface area contributed by atoms with Crippen LogP contribution in [0.4, 0.5) is 0 Å². The van der Waals surface area contributed by atoms with Crippen LogP contribution >= 0.6 is 22.9 Å². The van der Waals surface area contributed by atoms with E-state index in [4.69, 9.17) is 16.3 Å². The molecular weight excluding hydrogens is 246 g/mol. The number of alkyl halides is 1. The molecule has 0 aliphatic rings. The number of methoxy groups -OCH3 is 1. The Morgan fingerprint density at radius 3 is 2.94 bits per heavy atom. The molecule has 0 aliphatic heterocycles. The molecule has 1 N–H and O–H groups in total. The molecule has 0 aromatic carbocycles. The third-order valence-electron chi connectivity index (χ3n) is 2.05. The van der Waals surface area contributed by atoms with E-state index in [0.29, 0.717) is 19.6 Å². The number of amides is 1. The molecule has 1 unspecified atom stereocenters. The van der Waals surface area contributed by atoms with Gasteiger partial charge in [-0.05, 0) is 25.5 Å². The maximum absolute atomic E-state index is 11.6. The third kappa shape index (κ3) is 4.51. The molecule has 1 aromatic rings. The van der Waals surface area contributed by atoms with Gasteiger partial charge in [0.15, 0.2) is 0 Å². The van der Waals surface area contributed by atoms with Crippen LogP contribution in [0.25, 0.3) is 0 Å². The van der Waals surface area contributed by atoms with Crippen LogP contribution in [0, 0.1) is 6.92 Å². The van der Waals surface area contributed by atoms with Crippen molar-refractivity contribution >= 4 is 28.8 Å². The van der Waals surface area contributed by atoms with E-state index in [1.165, 1.54) is 11.3 Å². The minimum Gasteiger partial charge on any atom is -0.383 e. The Hall–Kier alpha value is -0.580. The molecule has 90 valence electrons. The maximum atomic E-state index is 11.6. The molecule has 1 heterocycles. The van der Waals surface area contributed by atoms with E-state index in [1.54, 1.807) is 7.11 Å². The minimum absolute atomic E-state index is 0.0283. The fraction of sp³-hybridized carbons (Fsp3) is 0.545. The van der Waals surface area contributed by atoms with Crippen LogP contribution < -0.4 is 5.32 Å². The van der Waals surface area contributed by atoms with Gasteiger partial charge in [-0.3, -0.25) is 4.79 Å². The van der Waals surface area contributed by atoms with Crippen molar-refractivity contribution in [1.29, 1.82) is 0 Å². The fourth-order valence-electron chi connectivity index (χ4n) is 1.25. The molecule has 0 radical (unpaired) electrons. The number of halogens is 1. The van der Waals surface area contributed by atoms with E-state index >= 15 is 0 Å². The molecule has 0 spiro atoms. The summed E-state index contributed by atoms with van der Waals surface area (Å²) in [6, 6.07) is 3.78. The molecular formula is C11H16ClNO2S. The van der Waals surface area contributed by atoms with Crippen LogP contribution in [0.3, 0.4) is 0 Å². The predicted octanol–water partition coefficient (Wildman–Crippen LogP) is 2.43. The lowest BCUT2D eigenvalue weighted by Crippen LogP contribution is -2.26. The number of carbonyl (C=O) groups is 1. The highest BCUT2D eigenvalue weighted by molar-refractivity contribution is 7.13. The van der Waals surface area contributed by atoms with E-state index in [2.05, 4.69) is 5.32 Å². The number of aryl methyl sites for hydroxylation is 1. The van der Waals surface area contributed by atoms with Gasteiger partial charge in [0.1, 0.15) is 0 Å². The van der Waals surface area contributed by atoms with Gasteiger partial charge in [0.25, 0.3) is 5.91 Å². The second-order valence-corrected chi connectivity index (χ2v) is 5.41. The van der Waals surface area contributed by atoms with Crippen LogP contribution in [0.1, 0.15) is 21.0 Å². The van der Waals surface area contributed by atoms with Crippen molar-refractivity contribution in [2.75, 3.05) is 20.3 Å². The molecule has 5 heteroatoms. The second kappa shape index (κ2) is 6.89. The van der Waals surface area contributed by atoms with E-state index in [-0.39, 0.29) is 11.3 Å². The summed E-state index contributed by atoms with van der Waals surface area (Å²) in [6.45, 7) is 3.07. The van der Waals surface area contributed by atoms with Gasteiger partial charge in [0, 0.05) is 18.5 Å². The summed E-state index contributed by atoms with van der Waals surface area (Å²) >= 11 is 7.44. The van der Waals surface area contributed by atoms with Crippen LogP contribution in [0.15, 0.2) is 12.1 Å². The van der Waals surface area contributed by atoms with E-state index in [1.807, 2.05) is 19.1 Å². The normalized spacial score (nSPS) is 12.4. The first-order valence-corrected chi connectivity index (χ1v) is 6.36. The summed E-state index contributed by atoms with van der Waals surface area (Å²) < 4.78 is 4.91. The van der Waals surface area contributed by atoms with E-state index in [0.717, 1.165) is 9.75 Å². The van der Waals surface area contributed by atoms with Crippen LogP contribution in [-0.4, -0.2) is 31.5 Å². The summed E-state index contributed by atoms with van der Waals surface area (Å²) in [4.78, 5) is 13.5. The highest BCUT2D eigenvalue weighted by Gasteiger charge is 2.08. The molecule has 0 fully saturated rings. The smallest absolute Gasteiger partial charge is 0.261 e. The Morgan fingerprint density at radius 2 is 2.38 bits per heavy atom. The summed E-state index contributed by atoms with van der Waals surface area (Å²) in [5.74, 6) is -0.0283. The lowest BCUT2D eigenvalue weighted by atomic mass is 10.3. The van der Waals surface area contributed by atoms with Gasteiger partial charge < -0.3 is 10.1 Å². The highest BCUT2D eigenvalue weighted by atomic mass is 35.5. The van der Waals surface area contributed by atoms with Crippen molar-refractivity contribution in [3.05, 3.63) is 21.9 Å². The largest absolute Gasteiger partial charge is 0.383 e. The molecule has 1 rings (SSSR count). The summed E-state index contributed by atoms with van der Waals surface area (Å²) in [5, 5.41) is 2.79. The number of rotatable bonds is 6.